The van der Waals surface area contributed by atoms with Crippen LogP contribution in [0.1, 0.15) is 12.0 Å². The summed E-state index contributed by atoms with van der Waals surface area (Å²) in [7, 11) is 3.78. The van der Waals surface area contributed by atoms with E-state index in [9.17, 15) is 4.79 Å². The number of amides is 1. The van der Waals surface area contributed by atoms with Crippen LogP contribution in [-0.2, 0) is 11.3 Å². The van der Waals surface area contributed by atoms with Crippen molar-refractivity contribution in [2.75, 3.05) is 26.0 Å². The van der Waals surface area contributed by atoms with Gasteiger partial charge in [0.2, 0.25) is 5.91 Å². The van der Waals surface area contributed by atoms with E-state index in [-0.39, 0.29) is 5.91 Å². The molecule has 0 bridgehead atoms. The molecule has 0 saturated carbocycles. The van der Waals surface area contributed by atoms with E-state index in [2.05, 4.69) is 46.3 Å². The second-order valence-corrected chi connectivity index (χ2v) is 5.21. The molecule has 2 aromatic rings. The van der Waals surface area contributed by atoms with Crippen molar-refractivity contribution in [3.8, 4) is 11.1 Å². The SMILES string of the molecule is CNCCC(=O)Nc1cccc(-c2cccc(CNC)c2)c1. The highest BCUT2D eigenvalue weighted by Crippen LogP contribution is 2.23. The van der Waals surface area contributed by atoms with Crippen molar-refractivity contribution < 1.29 is 4.79 Å². The number of nitrogens with one attached hydrogen (secondary N) is 3. The van der Waals surface area contributed by atoms with Gasteiger partial charge in [0.1, 0.15) is 0 Å². The van der Waals surface area contributed by atoms with Crippen molar-refractivity contribution in [1.82, 2.24) is 10.6 Å². The van der Waals surface area contributed by atoms with Crippen molar-refractivity contribution in [3.05, 3.63) is 54.1 Å². The Kier molecular flexibility index (Phi) is 6.13. The van der Waals surface area contributed by atoms with Gasteiger partial charge in [0, 0.05) is 25.2 Å². The van der Waals surface area contributed by atoms with Gasteiger partial charge in [-0.2, -0.15) is 0 Å². The van der Waals surface area contributed by atoms with Crippen LogP contribution >= 0.6 is 0 Å². The predicted molar refractivity (Wildman–Crippen MR) is 91.8 cm³/mol. The molecule has 116 valence electrons. The normalized spacial score (nSPS) is 10.5. The Morgan fingerprint density at radius 3 is 2.41 bits per heavy atom. The van der Waals surface area contributed by atoms with Gasteiger partial charge in [0.15, 0.2) is 0 Å². The number of benzene rings is 2. The lowest BCUT2D eigenvalue weighted by Crippen LogP contribution is -2.18. The van der Waals surface area contributed by atoms with Crippen LogP contribution < -0.4 is 16.0 Å². The molecular formula is C18H23N3O. The maximum absolute atomic E-state index is 11.8. The summed E-state index contributed by atoms with van der Waals surface area (Å²) in [5.74, 6) is 0.0235. The number of rotatable bonds is 7. The van der Waals surface area contributed by atoms with Crippen LogP contribution in [0.25, 0.3) is 11.1 Å². The fourth-order valence-electron chi connectivity index (χ4n) is 2.30. The zero-order chi connectivity index (χ0) is 15.8. The van der Waals surface area contributed by atoms with E-state index in [1.165, 1.54) is 5.56 Å². The molecule has 0 unspecified atom stereocenters. The van der Waals surface area contributed by atoms with Gasteiger partial charge in [-0.15, -0.1) is 0 Å². The lowest BCUT2D eigenvalue weighted by Gasteiger charge is -2.09. The molecule has 0 spiro atoms. The molecule has 0 atom stereocenters. The number of carbonyl (C=O) groups is 1. The zero-order valence-electron chi connectivity index (χ0n) is 13.1. The van der Waals surface area contributed by atoms with Crippen molar-refractivity contribution in [1.29, 1.82) is 0 Å². The average molecular weight is 297 g/mol. The molecule has 0 aliphatic carbocycles. The second-order valence-electron chi connectivity index (χ2n) is 5.21. The summed E-state index contributed by atoms with van der Waals surface area (Å²) in [4.78, 5) is 11.8. The lowest BCUT2D eigenvalue weighted by atomic mass is 10.0. The summed E-state index contributed by atoms with van der Waals surface area (Å²) in [6, 6.07) is 16.4. The zero-order valence-corrected chi connectivity index (χ0v) is 13.1. The monoisotopic (exact) mass is 297 g/mol. The molecule has 4 nitrogen and oxygen atoms in total. The Morgan fingerprint density at radius 2 is 1.68 bits per heavy atom. The quantitative estimate of drug-likeness (QED) is 0.736. The fraction of sp³-hybridized carbons (Fsp3) is 0.278. The van der Waals surface area contributed by atoms with Crippen LogP contribution in [0.2, 0.25) is 0 Å². The Bertz CT molecular complexity index is 625. The minimum absolute atomic E-state index is 0.0235. The van der Waals surface area contributed by atoms with E-state index < -0.39 is 0 Å². The highest BCUT2D eigenvalue weighted by molar-refractivity contribution is 5.91. The Labute approximate surface area is 131 Å². The molecule has 22 heavy (non-hydrogen) atoms. The van der Waals surface area contributed by atoms with Gasteiger partial charge in [-0.1, -0.05) is 30.3 Å². The van der Waals surface area contributed by atoms with Crippen LogP contribution in [-0.4, -0.2) is 26.5 Å². The first kappa shape index (κ1) is 16.2. The van der Waals surface area contributed by atoms with Crippen molar-refractivity contribution >= 4 is 11.6 Å². The van der Waals surface area contributed by atoms with Crippen molar-refractivity contribution in [2.45, 2.75) is 13.0 Å². The van der Waals surface area contributed by atoms with Crippen LogP contribution in [0.4, 0.5) is 5.69 Å². The van der Waals surface area contributed by atoms with Gasteiger partial charge < -0.3 is 16.0 Å². The third kappa shape index (κ3) is 4.69. The first-order valence-electron chi connectivity index (χ1n) is 7.51. The standard InChI is InChI=1S/C18H23N3O/c1-19-10-9-18(22)21-17-8-4-7-16(12-17)15-6-3-5-14(11-15)13-20-2/h3-8,11-12,19-20H,9-10,13H2,1-2H3,(H,21,22). The average Bonchev–Trinajstić information content (AvgIpc) is 2.54. The Hall–Kier alpha value is -2.17. The molecule has 0 heterocycles. The highest BCUT2D eigenvalue weighted by Gasteiger charge is 2.04. The topological polar surface area (TPSA) is 53.2 Å². The minimum atomic E-state index is 0.0235. The Morgan fingerprint density at radius 1 is 0.955 bits per heavy atom. The molecule has 0 aromatic heterocycles. The van der Waals surface area contributed by atoms with Crippen molar-refractivity contribution in [3.63, 3.8) is 0 Å². The number of hydrogen-bond donors (Lipinski definition) is 3. The van der Waals surface area contributed by atoms with E-state index in [4.69, 9.17) is 0 Å². The minimum Gasteiger partial charge on any atom is -0.326 e. The van der Waals surface area contributed by atoms with Gasteiger partial charge in [0.25, 0.3) is 0 Å². The summed E-state index contributed by atoms with van der Waals surface area (Å²) >= 11 is 0. The summed E-state index contributed by atoms with van der Waals surface area (Å²) in [6.07, 6.45) is 0.471. The number of anilines is 1. The molecule has 1 amide bonds. The van der Waals surface area contributed by atoms with E-state index in [1.807, 2.05) is 32.3 Å². The second kappa shape index (κ2) is 8.32. The Balaban J connectivity index is 2.14. The van der Waals surface area contributed by atoms with E-state index >= 15 is 0 Å². The molecule has 0 radical (unpaired) electrons. The van der Waals surface area contributed by atoms with Gasteiger partial charge in [-0.3, -0.25) is 4.79 Å². The summed E-state index contributed by atoms with van der Waals surface area (Å²) in [5, 5.41) is 9.07. The highest BCUT2D eigenvalue weighted by atomic mass is 16.1. The molecule has 4 heteroatoms. The van der Waals surface area contributed by atoms with Crippen LogP contribution in [0.5, 0.6) is 0 Å². The molecule has 2 aromatic carbocycles. The van der Waals surface area contributed by atoms with Gasteiger partial charge in [-0.25, -0.2) is 0 Å². The molecule has 3 N–H and O–H groups in total. The van der Waals surface area contributed by atoms with Gasteiger partial charge in [-0.05, 0) is 49.0 Å². The number of hydrogen-bond acceptors (Lipinski definition) is 3. The van der Waals surface area contributed by atoms with Crippen molar-refractivity contribution in [2.24, 2.45) is 0 Å². The van der Waals surface area contributed by atoms with Crippen LogP contribution in [0, 0.1) is 0 Å². The maximum atomic E-state index is 11.8. The summed E-state index contributed by atoms with van der Waals surface area (Å²) in [6.45, 7) is 1.52. The maximum Gasteiger partial charge on any atom is 0.225 e. The van der Waals surface area contributed by atoms with Gasteiger partial charge >= 0.3 is 0 Å². The first-order chi connectivity index (χ1) is 10.7. The summed E-state index contributed by atoms with van der Waals surface area (Å²) < 4.78 is 0. The first-order valence-corrected chi connectivity index (χ1v) is 7.51. The van der Waals surface area contributed by atoms with E-state index in [0.29, 0.717) is 13.0 Å². The third-order valence-electron chi connectivity index (χ3n) is 3.39. The molecule has 0 fully saturated rings. The van der Waals surface area contributed by atoms with E-state index in [0.717, 1.165) is 23.4 Å². The molecule has 0 aliphatic heterocycles. The lowest BCUT2D eigenvalue weighted by molar-refractivity contribution is -0.116. The fourth-order valence-corrected chi connectivity index (χ4v) is 2.30. The summed E-state index contributed by atoms with van der Waals surface area (Å²) in [5.41, 5.74) is 4.32. The van der Waals surface area contributed by atoms with Gasteiger partial charge in [0.05, 0.1) is 0 Å². The van der Waals surface area contributed by atoms with Crippen LogP contribution in [0.15, 0.2) is 48.5 Å². The van der Waals surface area contributed by atoms with E-state index in [1.54, 1.807) is 0 Å². The van der Waals surface area contributed by atoms with Crippen LogP contribution in [0.3, 0.4) is 0 Å². The smallest absolute Gasteiger partial charge is 0.225 e. The largest absolute Gasteiger partial charge is 0.326 e. The molecule has 2 rings (SSSR count). The molecular weight excluding hydrogens is 274 g/mol. The molecule has 0 saturated heterocycles. The number of carbonyl (C=O) groups excluding carboxylic acids is 1. The molecule has 0 aliphatic rings. The predicted octanol–water partition coefficient (Wildman–Crippen LogP) is 2.62. The third-order valence-corrected chi connectivity index (χ3v) is 3.39.